The molecule has 2 amide bonds. The average Bonchev–Trinajstić information content (AvgIpc) is 3.38. The predicted molar refractivity (Wildman–Crippen MR) is 121 cm³/mol. The molecule has 7 nitrogen and oxygen atoms in total. The van der Waals surface area contributed by atoms with E-state index in [4.69, 9.17) is 0 Å². The molecule has 178 valence electrons. The van der Waals surface area contributed by atoms with Gasteiger partial charge in [0.1, 0.15) is 5.69 Å². The molecule has 0 saturated carbocycles. The van der Waals surface area contributed by atoms with Gasteiger partial charge in [0, 0.05) is 38.4 Å². The number of carbonyl (C=O) groups excluding carboxylic acids is 2. The van der Waals surface area contributed by atoms with E-state index in [1.165, 1.54) is 18.2 Å². The van der Waals surface area contributed by atoms with Crippen molar-refractivity contribution < 1.29 is 27.8 Å². The van der Waals surface area contributed by atoms with Crippen molar-refractivity contribution in [2.45, 2.75) is 25.2 Å². The Bertz CT molecular complexity index is 1180. The first-order valence-corrected chi connectivity index (χ1v) is 10.8. The fourth-order valence-corrected chi connectivity index (χ4v) is 3.91. The van der Waals surface area contributed by atoms with E-state index in [9.17, 15) is 18.4 Å². The number of ether oxygens (including phenoxy) is 2. The van der Waals surface area contributed by atoms with Crippen LogP contribution in [0.4, 0.5) is 8.78 Å². The number of rotatable bonds is 8. The van der Waals surface area contributed by atoms with E-state index < -0.39 is 6.29 Å². The van der Waals surface area contributed by atoms with Gasteiger partial charge in [0.2, 0.25) is 0 Å². The molecule has 1 N–H and O–H groups in total. The zero-order valence-corrected chi connectivity index (χ0v) is 18.8. The van der Waals surface area contributed by atoms with Crippen molar-refractivity contribution >= 4 is 11.8 Å². The number of likely N-dealkylation sites (N-methyl/N-ethyl adjacent to an activating group) is 1. The van der Waals surface area contributed by atoms with Gasteiger partial charge < -0.3 is 24.3 Å². The first kappa shape index (κ1) is 23.3. The normalized spacial score (nSPS) is 14.5. The van der Waals surface area contributed by atoms with Crippen molar-refractivity contribution in [1.29, 1.82) is 0 Å². The summed E-state index contributed by atoms with van der Waals surface area (Å²) in [5.74, 6) is -0.847. The van der Waals surface area contributed by atoms with Gasteiger partial charge >= 0.3 is 6.29 Å². The number of nitrogens with zero attached hydrogens (tertiary/aromatic N) is 2. The predicted octanol–water partition coefficient (Wildman–Crippen LogP) is 3.85. The molecular formula is C25H25F2N3O4. The maximum absolute atomic E-state index is 13.4. The van der Waals surface area contributed by atoms with Crippen molar-refractivity contribution in [1.82, 2.24) is 14.8 Å². The first-order chi connectivity index (χ1) is 16.2. The van der Waals surface area contributed by atoms with Crippen LogP contribution in [0.25, 0.3) is 0 Å². The fourth-order valence-electron chi connectivity index (χ4n) is 3.91. The Morgan fingerprint density at radius 1 is 1.06 bits per heavy atom. The molecule has 0 radical (unpaired) electrons. The van der Waals surface area contributed by atoms with E-state index in [2.05, 4.69) is 14.8 Å². The van der Waals surface area contributed by atoms with Crippen LogP contribution in [0.5, 0.6) is 11.5 Å². The van der Waals surface area contributed by atoms with Gasteiger partial charge in [0.15, 0.2) is 11.5 Å². The van der Waals surface area contributed by atoms with Gasteiger partial charge in [-0.2, -0.15) is 0 Å². The monoisotopic (exact) mass is 469 g/mol. The number of fused-ring (bicyclic) bond motifs is 1. The van der Waals surface area contributed by atoms with Gasteiger partial charge in [-0.1, -0.05) is 30.3 Å². The second-order valence-electron chi connectivity index (χ2n) is 8.14. The van der Waals surface area contributed by atoms with Gasteiger partial charge in [0.05, 0.1) is 0 Å². The number of aryl methyl sites for hydroxylation is 1. The van der Waals surface area contributed by atoms with E-state index in [1.54, 1.807) is 41.9 Å². The summed E-state index contributed by atoms with van der Waals surface area (Å²) in [5.41, 5.74) is 1.78. The lowest BCUT2D eigenvalue weighted by molar-refractivity contribution is -0.286. The molecule has 1 unspecified atom stereocenters. The third-order valence-corrected chi connectivity index (χ3v) is 5.77. The lowest BCUT2D eigenvalue weighted by atomic mass is 10.0. The summed E-state index contributed by atoms with van der Waals surface area (Å²) in [6.45, 7) is 0.354. The quantitative estimate of drug-likeness (QED) is 0.544. The van der Waals surface area contributed by atoms with Crippen LogP contribution in [-0.2, 0) is 13.5 Å². The number of nitrogens with one attached hydrogen (secondary N) is 1. The summed E-state index contributed by atoms with van der Waals surface area (Å²) in [7, 11) is 3.45. The number of hydrogen-bond acceptors (Lipinski definition) is 4. The second-order valence-corrected chi connectivity index (χ2v) is 8.14. The summed E-state index contributed by atoms with van der Waals surface area (Å²) in [6, 6.07) is 16.9. The number of aromatic nitrogens is 1. The minimum absolute atomic E-state index is 0.117. The highest BCUT2D eigenvalue weighted by Gasteiger charge is 2.43. The molecule has 34 heavy (non-hydrogen) atoms. The highest BCUT2D eigenvalue weighted by Crippen LogP contribution is 2.41. The fraction of sp³-hybridized carbons (Fsp3) is 0.280. The molecule has 9 heteroatoms. The van der Waals surface area contributed by atoms with Gasteiger partial charge in [-0.25, -0.2) is 0 Å². The molecule has 0 saturated heterocycles. The number of carbonyl (C=O) groups is 2. The van der Waals surface area contributed by atoms with Crippen molar-refractivity contribution in [3.05, 3.63) is 83.7 Å². The zero-order chi connectivity index (χ0) is 24.3. The largest absolute Gasteiger partial charge is 0.586 e. The summed E-state index contributed by atoms with van der Waals surface area (Å²) in [4.78, 5) is 27.2. The molecule has 0 bridgehead atoms. The Hall–Kier alpha value is -3.88. The Morgan fingerprint density at radius 2 is 1.79 bits per heavy atom. The van der Waals surface area contributed by atoms with Gasteiger partial charge in [-0.05, 0) is 48.7 Å². The zero-order valence-electron chi connectivity index (χ0n) is 18.8. The van der Waals surface area contributed by atoms with Crippen LogP contribution in [-0.4, -0.2) is 47.2 Å². The number of amides is 2. The van der Waals surface area contributed by atoms with E-state index in [0.717, 1.165) is 5.56 Å². The van der Waals surface area contributed by atoms with Crippen LogP contribution in [0.3, 0.4) is 0 Å². The van der Waals surface area contributed by atoms with Crippen LogP contribution < -0.4 is 14.8 Å². The molecular weight excluding hydrogens is 444 g/mol. The van der Waals surface area contributed by atoms with Crippen molar-refractivity contribution in [2.75, 3.05) is 13.6 Å². The van der Waals surface area contributed by atoms with Crippen molar-refractivity contribution in [3.8, 4) is 11.5 Å². The Morgan fingerprint density at radius 3 is 2.50 bits per heavy atom. The molecule has 3 aromatic rings. The third kappa shape index (κ3) is 5.19. The van der Waals surface area contributed by atoms with E-state index in [1.807, 2.05) is 30.3 Å². The van der Waals surface area contributed by atoms with Crippen LogP contribution in [0.15, 0.2) is 66.9 Å². The van der Waals surface area contributed by atoms with E-state index in [0.29, 0.717) is 25.1 Å². The molecule has 1 atom stereocenters. The smallest absolute Gasteiger partial charge is 0.395 e. The minimum atomic E-state index is -3.75. The molecule has 2 heterocycles. The maximum atomic E-state index is 13.4. The standard InChI is InChI=1S/C25H25F2N3O4/c1-29-14-6-9-20(29)23(31)28-13-12-19(15-17-7-4-3-5-8-17)30(2)24(32)18-10-11-21-22(16-18)34-25(26,27)33-21/h3-11,14,16,19H,12-13,15H2,1-2H3,(H,28,31). The van der Waals surface area contributed by atoms with Crippen LogP contribution >= 0.6 is 0 Å². The Kier molecular flexibility index (Phi) is 6.54. The molecule has 0 fully saturated rings. The lowest BCUT2D eigenvalue weighted by Crippen LogP contribution is -2.41. The highest BCUT2D eigenvalue weighted by molar-refractivity contribution is 5.95. The van der Waals surface area contributed by atoms with Crippen LogP contribution in [0.1, 0.15) is 32.8 Å². The molecule has 2 aromatic carbocycles. The average molecular weight is 469 g/mol. The van der Waals surface area contributed by atoms with E-state index >= 15 is 0 Å². The lowest BCUT2D eigenvalue weighted by Gasteiger charge is -2.29. The maximum Gasteiger partial charge on any atom is 0.586 e. The second kappa shape index (κ2) is 9.54. The number of halogens is 2. The molecule has 4 rings (SSSR count). The van der Waals surface area contributed by atoms with Crippen LogP contribution in [0, 0.1) is 0 Å². The first-order valence-electron chi connectivity index (χ1n) is 10.8. The summed E-state index contributed by atoms with van der Waals surface area (Å²) in [6.07, 6.45) is -0.898. The molecule has 1 aromatic heterocycles. The summed E-state index contributed by atoms with van der Waals surface area (Å²) >= 11 is 0. The Balaban J connectivity index is 1.47. The number of benzene rings is 2. The molecule has 1 aliphatic heterocycles. The Labute approximate surface area is 195 Å². The van der Waals surface area contributed by atoms with Crippen LogP contribution in [0.2, 0.25) is 0 Å². The van der Waals surface area contributed by atoms with Gasteiger partial charge in [0.25, 0.3) is 11.8 Å². The number of hydrogen-bond donors (Lipinski definition) is 1. The topological polar surface area (TPSA) is 72.8 Å². The molecule has 0 spiro atoms. The molecule has 1 aliphatic rings. The van der Waals surface area contributed by atoms with Gasteiger partial charge in [-0.15, -0.1) is 8.78 Å². The van der Waals surface area contributed by atoms with E-state index in [-0.39, 0.29) is 34.9 Å². The minimum Gasteiger partial charge on any atom is -0.395 e. The third-order valence-electron chi connectivity index (χ3n) is 5.77. The van der Waals surface area contributed by atoms with Gasteiger partial charge in [-0.3, -0.25) is 9.59 Å². The highest BCUT2D eigenvalue weighted by atomic mass is 19.3. The number of alkyl halides is 2. The summed E-state index contributed by atoms with van der Waals surface area (Å²) < 4.78 is 37.3. The van der Waals surface area contributed by atoms with Crippen molar-refractivity contribution in [3.63, 3.8) is 0 Å². The summed E-state index contributed by atoms with van der Waals surface area (Å²) in [5, 5.41) is 2.90. The molecule has 0 aliphatic carbocycles. The SMILES string of the molecule is CN(C(=O)c1ccc2c(c1)OC(F)(F)O2)C(CCNC(=O)c1cccn1C)Cc1ccccc1. The van der Waals surface area contributed by atoms with Crippen molar-refractivity contribution in [2.24, 2.45) is 7.05 Å².